The van der Waals surface area contributed by atoms with Crippen molar-refractivity contribution in [3.8, 4) is 0 Å². The lowest BCUT2D eigenvalue weighted by Gasteiger charge is -2.09. The number of carbonyl (C=O) groups excluding carboxylic acids is 8. The van der Waals surface area contributed by atoms with Gasteiger partial charge in [-0.05, 0) is 241 Å². The predicted molar refractivity (Wildman–Crippen MR) is 483 cm³/mol. The second-order valence-electron chi connectivity index (χ2n) is 35.9. The van der Waals surface area contributed by atoms with Gasteiger partial charge in [0.05, 0.1) is 23.7 Å². The Labute approximate surface area is 725 Å². The number of aryl methyl sites for hydroxylation is 1. The molecule has 8 amide bonds. The smallest absolute Gasteiger partial charge is 0.254 e. The van der Waals surface area contributed by atoms with Gasteiger partial charge in [0, 0.05) is 90.3 Å². The van der Waals surface area contributed by atoms with E-state index in [2.05, 4.69) is 205 Å². The van der Waals surface area contributed by atoms with Gasteiger partial charge in [0.25, 0.3) is 47.3 Å². The minimum absolute atomic E-state index is 0.0648. The molecule has 17 nitrogen and oxygen atoms in total. The zero-order chi connectivity index (χ0) is 90.0. The summed E-state index contributed by atoms with van der Waals surface area (Å²) in [6.07, 6.45) is 0. The van der Waals surface area contributed by atoms with Gasteiger partial charge in [-0.1, -0.05) is 210 Å². The van der Waals surface area contributed by atoms with Crippen LogP contribution >= 0.6 is 0 Å². The highest BCUT2D eigenvalue weighted by molar-refractivity contribution is 6.03. The Balaban J connectivity index is 0.000000145. The van der Waals surface area contributed by atoms with Gasteiger partial charge in [-0.2, -0.15) is 0 Å². The molecule has 9 aromatic rings. The summed E-state index contributed by atoms with van der Waals surface area (Å²) < 4.78 is 40.8. The molecule has 0 radical (unpaired) electrons. The number of fused-ring (bicyclic) bond motifs is 9. The highest BCUT2D eigenvalue weighted by atomic mass is 19.1. The van der Waals surface area contributed by atoms with Crippen LogP contribution in [0.3, 0.4) is 0 Å². The summed E-state index contributed by atoms with van der Waals surface area (Å²) in [5, 5.41) is 25.6. The first-order valence-corrected chi connectivity index (χ1v) is 43.4. The van der Waals surface area contributed by atoms with Crippen LogP contribution in [-0.2, 0) is 45.8 Å². The summed E-state index contributed by atoms with van der Waals surface area (Å²) >= 11 is 0. The summed E-state index contributed by atoms with van der Waals surface area (Å²) in [5.41, 5.74) is 27.2. The van der Waals surface area contributed by atoms with Crippen LogP contribution in [0.15, 0.2) is 140 Å². The fourth-order valence-electron chi connectivity index (χ4n) is 15.8. The Bertz CT molecular complexity index is 5240. The molecule has 0 fully saturated rings. The van der Waals surface area contributed by atoms with E-state index in [0.29, 0.717) is 96.0 Å². The Morgan fingerprint density at radius 3 is 1.07 bits per heavy atom. The van der Waals surface area contributed by atoms with Gasteiger partial charge in [-0.3, -0.25) is 38.4 Å². The molecule has 9 aliphatic heterocycles. The second-order valence-corrected chi connectivity index (χ2v) is 35.9. The number of amides is 8. The van der Waals surface area contributed by atoms with Gasteiger partial charge < -0.3 is 47.9 Å². The van der Waals surface area contributed by atoms with Crippen molar-refractivity contribution in [1.82, 2.24) is 47.9 Å². The van der Waals surface area contributed by atoms with Gasteiger partial charge in [-0.25, -0.2) is 13.2 Å². The van der Waals surface area contributed by atoms with E-state index < -0.39 is 0 Å². The predicted octanol–water partition coefficient (Wildman–Crippen LogP) is 21.2. The minimum Gasteiger partial charge on any atom is -0.348 e. The average molecular weight is 1670 g/mol. The zero-order valence-electron chi connectivity index (χ0n) is 75.6. The Morgan fingerprint density at radius 1 is 0.268 bits per heavy atom. The van der Waals surface area contributed by atoms with Gasteiger partial charge >= 0.3 is 0 Å². The van der Waals surface area contributed by atoms with Crippen molar-refractivity contribution in [2.24, 2.45) is 0 Å². The third-order valence-corrected chi connectivity index (χ3v) is 23.9. The van der Waals surface area contributed by atoms with Crippen molar-refractivity contribution in [3.63, 3.8) is 0 Å². The van der Waals surface area contributed by atoms with Crippen molar-refractivity contribution >= 4 is 47.3 Å². The quantitative estimate of drug-likeness (QED) is 0.0666. The van der Waals surface area contributed by atoms with Crippen LogP contribution in [0.5, 0.6) is 0 Å². The third kappa shape index (κ3) is 22.3. The van der Waals surface area contributed by atoms with E-state index in [1.165, 1.54) is 67.8 Å². The minimum atomic E-state index is -0.354. The van der Waals surface area contributed by atoms with E-state index in [4.69, 9.17) is 0 Å². The molecule has 18 rings (SSSR count). The maximum Gasteiger partial charge on any atom is 0.254 e. The average Bonchev–Trinajstić information content (AvgIpc) is 1.65. The lowest BCUT2D eigenvalue weighted by molar-refractivity contribution is 0.0950. The van der Waals surface area contributed by atoms with Crippen LogP contribution in [0.25, 0.3) is 0 Å². The monoisotopic (exact) mass is 1670 g/mol. The van der Waals surface area contributed by atoms with E-state index in [0.717, 1.165) is 79.9 Å². The summed E-state index contributed by atoms with van der Waals surface area (Å²) in [4.78, 5) is 91.4. The van der Waals surface area contributed by atoms with Gasteiger partial charge in [0.2, 0.25) is 0 Å². The Hall–Kier alpha value is -11.5. The molecule has 123 heavy (non-hydrogen) atoms. The normalized spacial score (nSPS) is 16.3. The molecule has 9 N–H and O–H groups in total. The first-order chi connectivity index (χ1) is 58.1. The van der Waals surface area contributed by atoms with Crippen LogP contribution in [-0.4, -0.2) is 47.3 Å². The van der Waals surface area contributed by atoms with Crippen LogP contribution in [0.2, 0.25) is 0 Å². The molecule has 20 heteroatoms. The van der Waals surface area contributed by atoms with Crippen molar-refractivity contribution in [3.05, 3.63) is 313 Å². The standard InChI is InChI=1S/4C12H15NO.3C11H12FNO.C11H13NO.C11H15N/c1-7(2)9-4-8(3)11-6-13-12(14)10(11)5-9;3*1-7(2)9-4-5-10-8(3)13-12(14)11(10)6-9;1-6(2)8-4-9-7(3-10(8)12)5-13-11(9)14;1-6(2)7-3-8-9(10(12)4-7)5-13-11(8)14;1-6(2)8-4-3-7-5-13-11(14)9(7)10(8)12;1-7(2)8-3-4-9-6-12-11(13)10(9)5-8;1-8(2)9-3-4-10-6-12-7-11(10)5-9/h4-5,7H,6H2,1-3H3,(H,13,14);3*4-8H,1-3H3,(H,13,14);3*3-4,6H,5H2,1-2H3,(H,13,14);3-5,7H,6H2,1-2H3,(H,12,13);3-5,8,12H,6-7H2,1-2H3/t;2*8-;;;;;;/m.10....../s1. The summed E-state index contributed by atoms with van der Waals surface area (Å²) in [6, 6.07) is 46.3. The number of hydrogen-bond acceptors (Lipinski definition) is 9. The van der Waals surface area contributed by atoms with Crippen molar-refractivity contribution < 1.29 is 51.5 Å². The van der Waals surface area contributed by atoms with E-state index in [1.807, 2.05) is 105 Å². The maximum absolute atomic E-state index is 13.8. The summed E-state index contributed by atoms with van der Waals surface area (Å²) in [7, 11) is 0. The van der Waals surface area contributed by atoms with Crippen molar-refractivity contribution in [1.29, 1.82) is 0 Å². The fourth-order valence-corrected chi connectivity index (χ4v) is 15.8. The van der Waals surface area contributed by atoms with E-state index in [-0.39, 0.29) is 106 Å². The SMILES string of the molecule is CC(C)c1cc(F)c2c(c1)C(=O)NC2.CC(C)c1cc2c(cc1F)CNC2=O.CC(C)c1ccc2c(c1)C(=O)NC2.CC(C)c1ccc2c(c1)C(=O)NC2C.CC(C)c1ccc2c(c1)C(=O)N[C@@H]2C.CC(C)c1ccc2c(c1)C(=O)N[C@H]2C.CC(C)c1ccc2c(c1)CNC2.CC(C)c1ccc2c(c1F)C(=O)NC2.Cc1cc(C(C)C)cc2c1CNC2=O. The number of halogens is 3. The molecule has 9 aliphatic rings. The molecule has 0 saturated carbocycles. The number of carbonyl (C=O) groups is 8. The Morgan fingerprint density at radius 2 is 0.610 bits per heavy atom. The van der Waals surface area contributed by atoms with Gasteiger partial charge in [0.1, 0.15) is 17.5 Å². The molecule has 0 spiro atoms. The fraction of sp³-hybridized carbons (Fsp3) is 0.398. The first kappa shape index (κ1) is 93.8. The van der Waals surface area contributed by atoms with E-state index >= 15 is 0 Å². The molecule has 9 aromatic carbocycles. The second kappa shape index (κ2) is 40.7. The number of benzene rings is 9. The van der Waals surface area contributed by atoms with Crippen LogP contribution < -0.4 is 47.9 Å². The molecular weight excluding hydrogens is 1550 g/mol. The van der Waals surface area contributed by atoms with Crippen molar-refractivity contribution in [2.45, 2.75) is 270 Å². The molecule has 0 saturated heterocycles. The molecular formula is C103H124F3N9O8. The largest absolute Gasteiger partial charge is 0.348 e. The molecule has 1 unspecified atom stereocenters. The number of nitrogens with one attached hydrogen (secondary N) is 9. The highest BCUT2D eigenvalue weighted by Crippen LogP contribution is 2.35. The zero-order valence-corrected chi connectivity index (χ0v) is 75.6. The summed E-state index contributed by atoms with van der Waals surface area (Å²) in [5.74, 6) is 2.43. The lowest BCUT2D eigenvalue weighted by Crippen LogP contribution is -2.16. The molecule has 650 valence electrons. The van der Waals surface area contributed by atoms with Crippen molar-refractivity contribution in [2.75, 3.05) is 0 Å². The topological polar surface area (TPSA) is 245 Å². The number of rotatable bonds is 9. The molecule has 0 aliphatic carbocycles. The summed E-state index contributed by atoms with van der Waals surface area (Å²) in [6.45, 7) is 50.3. The third-order valence-electron chi connectivity index (χ3n) is 23.9. The molecule has 3 atom stereocenters. The van der Waals surface area contributed by atoms with Crippen LogP contribution in [0.1, 0.15) is 411 Å². The highest BCUT2D eigenvalue weighted by Gasteiger charge is 2.32. The maximum atomic E-state index is 13.8. The van der Waals surface area contributed by atoms with E-state index in [9.17, 15) is 51.5 Å². The first-order valence-electron chi connectivity index (χ1n) is 43.4. The molecule has 0 aromatic heterocycles. The van der Waals surface area contributed by atoms with Crippen LogP contribution in [0, 0.1) is 24.4 Å². The van der Waals surface area contributed by atoms with E-state index in [1.54, 1.807) is 18.2 Å². The molecule has 0 bridgehead atoms. The van der Waals surface area contributed by atoms with Gasteiger partial charge in [-0.15, -0.1) is 0 Å². The number of hydrogen-bond donors (Lipinski definition) is 9. The van der Waals surface area contributed by atoms with Gasteiger partial charge in [0.15, 0.2) is 0 Å². The Kier molecular flexibility index (Phi) is 31.0. The lowest BCUT2D eigenvalue weighted by atomic mass is 9.95. The van der Waals surface area contributed by atoms with Crippen LogP contribution in [0.4, 0.5) is 13.2 Å². The molecule has 9 heterocycles.